The summed E-state index contributed by atoms with van der Waals surface area (Å²) in [5.41, 5.74) is 2.45. The van der Waals surface area contributed by atoms with Crippen LogP contribution in [0.4, 0.5) is 11.6 Å². The van der Waals surface area contributed by atoms with Crippen molar-refractivity contribution in [3.63, 3.8) is 0 Å². The number of amides is 1. The number of carbonyl (C=O) groups excluding carboxylic acids is 1. The van der Waals surface area contributed by atoms with Gasteiger partial charge in [0, 0.05) is 30.9 Å². The number of likely N-dealkylation sites (tertiary alicyclic amines) is 1. The summed E-state index contributed by atoms with van der Waals surface area (Å²) in [6.07, 6.45) is 3.70. The lowest BCUT2D eigenvalue weighted by atomic mass is 9.94. The van der Waals surface area contributed by atoms with E-state index in [1.54, 1.807) is 18.3 Å². The summed E-state index contributed by atoms with van der Waals surface area (Å²) in [5, 5.41) is 3.72. The van der Waals surface area contributed by atoms with E-state index in [2.05, 4.69) is 15.3 Å². The Kier molecular flexibility index (Phi) is 5.53. The van der Waals surface area contributed by atoms with Gasteiger partial charge in [-0.2, -0.15) is 0 Å². The van der Waals surface area contributed by atoms with Crippen LogP contribution in [0.3, 0.4) is 0 Å². The SMILES string of the molecule is O=C(c1ccccc1Cl)N1CCCC(c2ccnc(Nc3ccccc3)n2)C1. The van der Waals surface area contributed by atoms with Gasteiger partial charge in [0.15, 0.2) is 0 Å². The lowest BCUT2D eigenvalue weighted by Gasteiger charge is -2.32. The van der Waals surface area contributed by atoms with Gasteiger partial charge in [0.1, 0.15) is 0 Å². The number of hydrogen-bond acceptors (Lipinski definition) is 4. The molecule has 1 atom stereocenters. The highest BCUT2D eigenvalue weighted by Crippen LogP contribution is 2.28. The van der Waals surface area contributed by atoms with Gasteiger partial charge in [-0.3, -0.25) is 4.79 Å². The van der Waals surface area contributed by atoms with Crippen molar-refractivity contribution in [1.29, 1.82) is 0 Å². The van der Waals surface area contributed by atoms with Crippen molar-refractivity contribution in [2.24, 2.45) is 0 Å². The van der Waals surface area contributed by atoms with Gasteiger partial charge in [-0.05, 0) is 43.2 Å². The zero-order valence-corrected chi connectivity index (χ0v) is 16.1. The summed E-state index contributed by atoms with van der Waals surface area (Å²) in [5.74, 6) is 0.727. The molecule has 2 aromatic carbocycles. The molecule has 2 heterocycles. The van der Waals surface area contributed by atoms with Gasteiger partial charge in [0.2, 0.25) is 5.95 Å². The Balaban J connectivity index is 1.49. The van der Waals surface area contributed by atoms with Crippen molar-refractivity contribution in [1.82, 2.24) is 14.9 Å². The number of benzene rings is 2. The normalized spacial score (nSPS) is 16.6. The van der Waals surface area contributed by atoms with E-state index >= 15 is 0 Å². The summed E-state index contributed by atoms with van der Waals surface area (Å²) in [6, 6.07) is 19.0. The van der Waals surface area contributed by atoms with Gasteiger partial charge < -0.3 is 10.2 Å². The Bertz CT molecular complexity index is 964. The second kappa shape index (κ2) is 8.40. The number of carbonyl (C=O) groups is 1. The van der Waals surface area contributed by atoms with E-state index in [0.717, 1.165) is 30.8 Å². The van der Waals surface area contributed by atoms with E-state index in [4.69, 9.17) is 11.6 Å². The van der Waals surface area contributed by atoms with E-state index in [9.17, 15) is 4.79 Å². The van der Waals surface area contributed by atoms with Crippen molar-refractivity contribution >= 4 is 29.1 Å². The highest BCUT2D eigenvalue weighted by molar-refractivity contribution is 6.33. The molecule has 0 bridgehead atoms. The fourth-order valence-electron chi connectivity index (χ4n) is 3.52. The van der Waals surface area contributed by atoms with E-state index in [1.807, 2.05) is 53.4 Å². The van der Waals surface area contributed by atoms with Crippen LogP contribution in [0.1, 0.15) is 34.8 Å². The smallest absolute Gasteiger partial charge is 0.255 e. The Morgan fingerprint density at radius 1 is 1.07 bits per heavy atom. The van der Waals surface area contributed by atoms with Crippen LogP contribution in [-0.2, 0) is 0 Å². The van der Waals surface area contributed by atoms with Crippen LogP contribution in [0.5, 0.6) is 0 Å². The average Bonchev–Trinajstić information content (AvgIpc) is 2.75. The predicted molar refractivity (Wildman–Crippen MR) is 111 cm³/mol. The molecule has 1 aliphatic heterocycles. The predicted octanol–water partition coefficient (Wildman–Crippen LogP) is 4.89. The van der Waals surface area contributed by atoms with Crippen LogP contribution < -0.4 is 5.32 Å². The molecule has 0 aliphatic carbocycles. The maximum absolute atomic E-state index is 12.9. The summed E-state index contributed by atoms with van der Waals surface area (Å²) in [4.78, 5) is 23.8. The van der Waals surface area contributed by atoms with Crippen LogP contribution in [-0.4, -0.2) is 33.9 Å². The molecule has 0 spiro atoms. The molecule has 0 saturated carbocycles. The molecule has 1 aliphatic rings. The topological polar surface area (TPSA) is 58.1 Å². The van der Waals surface area contributed by atoms with E-state index in [1.165, 1.54) is 0 Å². The highest BCUT2D eigenvalue weighted by Gasteiger charge is 2.27. The minimum absolute atomic E-state index is 0.0213. The van der Waals surface area contributed by atoms with Crippen LogP contribution in [0.25, 0.3) is 0 Å². The fraction of sp³-hybridized carbons (Fsp3) is 0.227. The molecule has 0 radical (unpaired) electrons. The zero-order valence-electron chi connectivity index (χ0n) is 15.4. The van der Waals surface area contributed by atoms with E-state index in [0.29, 0.717) is 23.1 Å². The van der Waals surface area contributed by atoms with Gasteiger partial charge in [0.05, 0.1) is 16.3 Å². The first kappa shape index (κ1) is 18.4. The van der Waals surface area contributed by atoms with Gasteiger partial charge in [-0.1, -0.05) is 41.9 Å². The maximum Gasteiger partial charge on any atom is 0.255 e. The number of nitrogens with one attached hydrogen (secondary N) is 1. The number of nitrogens with zero attached hydrogens (tertiary/aromatic N) is 3. The zero-order chi connectivity index (χ0) is 19.3. The molecule has 6 heteroatoms. The summed E-state index contributed by atoms with van der Waals surface area (Å²) < 4.78 is 0. The second-order valence-corrected chi connectivity index (χ2v) is 7.27. The molecular weight excluding hydrogens is 372 g/mol. The third-order valence-electron chi connectivity index (χ3n) is 4.94. The van der Waals surface area contributed by atoms with Gasteiger partial charge in [0.25, 0.3) is 5.91 Å². The average molecular weight is 393 g/mol. The minimum atomic E-state index is -0.0213. The van der Waals surface area contributed by atoms with Crippen LogP contribution in [0.2, 0.25) is 5.02 Å². The Hall–Kier alpha value is -2.92. The molecule has 28 heavy (non-hydrogen) atoms. The van der Waals surface area contributed by atoms with Gasteiger partial charge in [-0.15, -0.1) is 0 Å². The van der Waals surface area contributed by atoms with Crippen molar-refractivity contribution < 1.29 is 4.79 Å². The first-order valence-electron chi connectivity index (χ1n) is 9.39. The third kappa shape index (κ3) is 4.15. The lowest BCUT2D eigenvalue weighted by Crippen LogP contribution is -2.39. The van der Waals surface area contributed by atoms with Crippen LogP contribution >= 0.6 is 11.6 Å². The number of piperidine rings is 1. The second-order valence-electron chi connectivity index (χ2n) is 6.87. The Labute approximate surface area is 169 Å². The fourth-order valence-corrected chi connectivity index (χ4v) is 3.74. The molecule has 1 N–H and O–H groups in total. The summed E-state index contributed by atoms with van der Waals surface area (Å²) in [7, 11) is 0. The van der Waals surface area contributed by atoms with Crippen LogP contribution in [0.15, 0.2) is 66.9 Å². The van der Waals surface area contributed by atoms with Crippen molar-refractivity contribution in [3.05, 3.63) is 83.1 Å². The standard InChI is InChI=1S/C22H21ClN4O/c23-19-11-5-4-10-18(19)21(28)27-14-6-7-16(15-27)20-12-13-24-22(26-20)25-17-8-2-1-3-9-17/h1-5,8-13,16H,6-7,14-15H2,(H,24,25,26). The molecule has 1 fully saturated rings. The third-order valence-corrected chi connectivity index (χ3v) is 5.27. The number of aromatic nitrogens is 2. The molecule has 1 aromatic heterocycles. The Morgan fingerprint density at radius 2 is 1.86 bits per heavy atom. The largest absolute Gasteiger partial charge is 0.338 e. The molecule has 1 saturated heterocycles. The molecule has 1 unspecified atom stereocenters. The van der Waals surface area contributed by atoms with Crippen molar-refractivity contribution in [2.45, 2.75) is 18.8 Å². The molecule has 4 rings (SSSR count). The number of rotatable bonds is 4. The van der Waals surface area contributed by atoms with Crippen LogP contribution in [0, 0.1) is 0 Å². The van der Waals surface area contributed by atoms with Crippen molar-refractivity contribution in [2.75, 3.05) is 18.4 Å². The quantitative estimate of drug-likeness (QED) is 0.686. The van der Waals surface area contributed by atoms with Crippen molar-refractivity contribution in [3.8, 4) is 0 Å². The highest BCUT2D eigenvalue weighted by atomic mass is 35.5. The first-order chi connectivity index (χ1) is 13.7. The minimum Gasteiger partial charge on any atom is -0.338 e. The monoisotopic (exact) mass is 392 g/mol. The summed E-state index contributed by atoms with van der Waals surface area (Å²) in [6.45, 7) is 1.37. The summed E-state index contributed by atoms with van der Waals surface area (Å²) >= 11 is 6.21. The molecule has 5 nitrogen and oxygen atoms in total. The maximum atomic E-state index is 12.9. The van der Waals surface area contributed by atoms with Gasteiger partial charge >= 0.3 is 0 Å². The first-order valence-corrected chi connectivity index (χ1v) is 9.77. The van der Waals surface area contributed by atoms with E-state index in [-0.39, 0.29) is 11.8 Å². The molecule has 142 valence electrons. The number of para-hydroxylation sites is 1. The number of hydrogen-bond donors (Lipinski definition) is 1. The number of halogens is 1. The van der Waals surface area contributed by atoms with E-state index < -0.39 is 0 Å². The molecule has 3 aromatic rings. The van der Waals surface area contributed by atoms with Gasteiger partial charge in [-0.25, -0.2) is 9.97 Å². The molecule has 1 amide bonds. The number of anilines is 2. The Morgan fingerprint density at radius 3 is 2.68 bits per heavy atom. The molecular formula is C22H21ClN4O. The lowest BCUT2D eigenvalue weighted by molar-refractivity contribution is 0.0706.